The predicted octanol–water partition coefficient (Wildman–Crippen LogP) is 4.24. The molecule has 1 fully saturated rings. The molecule has 0 bridgehead atoms. The van der Waals surface area contributed by atoms with Crippen LogP contribution in [0.3, 0.4) is 0 Å². The molecule has 2 aromatic heterocycles. The Bertz CT molecular complexity index is 850. The fraction of sp³-hybridized carbons (Fsp3) is 0.235. The van der Waals surface area contributed by atoms with Crippen molar-refractivity contribution in [2.24, 2.45) is 0 Å². The molecule has 1 aliphatic rings. The molecule has 5 nitrogen and oxygen atoms in total. The first-order valence-electron chi connectivity index (χ1n) is 7.51. The van der Waals surface area contributed by atoms with Crippen molar-refractivity contribution in [3.8, 4) is 11.3 Å². The van der Waals surface area contributed by atoms with Gasteiger partial charge in [-0.2, -0.15) is 0 Å². The first-order valence-corrected chi connectivity index (χ1v) is 8.39. The van der Waals surface area contributed by atoms with Crippen molar-refractivity contribution in [3.05, 3.63) is 52.7 Å². The number of aromatic nitrogens is 2. The Morgan fingerprint density at radius 3 is 2.83 bits per heavy atom. The third-order valence-electron chi connectivity index (χ3n) is 3.88. The van der Waals surface area contributed by atoms with Gasteiger partial charge in [-0.25, -0.2) is 4.98 Å². The second kappa shape index (κ2) is 5.62. The zero-order valence-corrected chi connectivity index (χ0v) is 13.4. The van der Waals surface area contributed by atoms with E-state index < -0.39 is 0 Å². The van der Waals surface area contributed by atoms with Crippen LogP contribution in [0, 0.1) is 6.92 Å². The molecule has 1 saturated carbocycles. The number of hydrogen-bond donors (Lipinski definition) is 1. The summed E-state index contributed by atoms with van der Waals surface area (Å²) in [6, 6.07) is 9.55. The monoisotopic (exact) mass is 325 g/mol. The molecule has 0 radical (unpaired) electrons. The molecular weight excluding hydrogens is 310 g/mol. The van der Waals surface area contributed by atoms with E-state index in [0.29, 0.717) is 28.1 Å². The molecular formula is C17H15N3O2S. The van der Waals surface area contributed by atoms with Crippen molar-refractivity contribution in [1.29, 1.82) is 0 Å². The Hall–Kier alpha value is -2.47. The van der Waals surface area contributed by atoms with Gasteiger partial charge in [0.05, 0.1) is 5.69 Å². The zero-order chi connectivity index (χ0) is 15.8. The first kappa shape index (κ1) is 14.1. The van der Waals surface area contributed by atoms with Crippen LogP contribution in [-0.2, 0) is 0 Å². The molecule has 0 unspecified atom stereocenters. The van der Waals surface area contributed by atoms with Crippen LogP contribution in [0.1, 0.15) is 40.6 Å². The summed E-state index contributed by atoms with van der Waals surface area (Å²) < 4.78 is 5.23. The number of nitrogens with zero attached hydrogens (tertiary/aromatic N) is 2. The average molecular weight is 325 g/mol. The Balaban J connectivity index is 1.61. The second-order valence-corrected chi connectivity index (χ2v) is 6.49. The van der Waals surface area contributed by atoms with Crippen LogP contribution in [0.4, 0.5) is 5.13 Å². The van der Waals surface area contributed by atoms with Crippen molar-refractivity contribution in [2.75, 3.05) is 5.32 Å². The number of benzene rings is 1. The molecule has 1 amide bonds. The maximum absolute atomic E-state index is 12.6. The number of carbonyl (C=O) groups is 1. The molecule has 4 rings (SSSR count). The molecule has 0 aliphatic heterocycles. The van der Waals surface area contributed by atoms with Crippen molar-refractivity contribution >= 4 is 22.4 Å². The fourth-order valence-corrected chi connectivity index (χ4v) is 3.29. The van der Waals surface area contributed by atoms with E-state index in [1.54, 1.807) is 6.92 Å². The van der Waals surface area contributed by atoms with Gasteiger partial charge in [0, 0.05) is 16.9 Å². The normalized spacial score (nSPS) is 14.0. The molecule has 1 N–H and O–H groups in total. The third-order valence-corrected chi connectivity index (χ3v) is 4.65. The molecule has 23 heavy (non-hydrogen) atoms. The van der Waals surface area contributed by atoms with E-state index in [2.05, 4.69) is 15.5 Å². The van der Waals surface area contributed by atoms with E-state index in [-0.39, 0.29) is 5.91 Å². The molecule has 0 spiro atoms. The minimum absolute atomic E-state index is 0.237. The minimum atomic E-state index is -0.237. The molecule has 3 aromatic rings. The number of rotatable bonds is 4. The minimum Gasteiger partial charge on any atom is -0.360 e. The molecule has 2 heterocycles. The molecule has 6 heteroatoms. The third kappa shape index (κ3) is 2.77. The summed E-state index contributed by atoms with van der Waals surface area (Å²) in [5, 5.41) is 9.55. The van der Waals surface area contributed by atoms with Gasteiger partial charge in [0.2, 0.25) is 0 Å². The van der Waals surface area contributed by atoms with E-state index >= 15 is 0 Å². The van der Waals surface area contributed by atoms with Crippen LogP contribution in [0.25, 0.3) is 11.3 Å². The van der Waals surface area contributed by atoms with E-state index in [1.165, 1.54) is 24.2 Å². The number of amides is 1. The Morgan fingerprint density at radius 1 is 1.30 bits per heavy atom. The number of aryl methyl sites for hydroxylation is 1. The lowest BCUT2D eigenvalue weighted by Gasteiger charge is -2.03. The summed E-state index contributed by atoms with van der Waals surface area (Å²) in [4.78, 5) is 17.1. The number of hydrogen-bond acceptors (Lipinski definition) is 5. The van der Waals surface area contributed by atoms with Gasteiger partial charge in [0.1, 0.15) is 17.0 Å². The summed E-state index contributed by atoms with van der Waals surface area (Å²) in [7, 11) is 0. The van der Waals surface area contributed by atoms with Crippen molar-refractivity contribution in [2.45, 2.75) is 25.7 Å². The molecule has 1 aromatic carbocycles. The van der Waals surface area contributed by atoms with Crippen LogP contribution in [0.5, 0.6) is 0 Å². The van der Waals surface area contributed by atoms with Gasteiger partial charge in [0.15, 0.2) is 5.13 Å². The summed E-state index contributed by atoms with van der Waals surface area (Å²) >= 11 is 1.46. The lowest BCUT2D eigenvalue weighted by molar-refractivity contribution is 0.102. The van der Waals surface area contributed by atoms with Gasteiger partial charge in [0.25, 0.3) is 5.91 Å². The van der Waals surface area contributed by atoms with Gasteiger partial charge in [-0.3, -0.25) is 10.1 Å². The lowest BCUT2D eigenvalue weighted by atomic mass is 10.1. The standard InChI is InChI=1S/C17H15N3O2S/c1-10-14(15(20-22-10)12-5-3-2-4-6-12)16(21)19-17-18-13(9-23-17)11-7-8-11/h2-6,9,11H,7-8H2,1H3,(H,18,19,21). The van der Waals surface area contributed by atoms with Crippen molar-refractivity contribution in [1.82, 2.24) is 10.1 Å². The summed E-state index contributed by atoms with van der Waals surface area (Å²) in [6.45, 7) is 1.74. The van der Waals surface area contributed by atoms with E-state index in [9.17, 15) is 4.79 Å². The predicted molar refractivity (Wildman–Crippen MR) is 88.7 cm³/mol. The summed E-state index contributed by atoms with van der Waals surface area (Å²) in [6.07, 6.45) is 2.39. The Kier molecular flexibility index (Phi) is 3.46. The summed E-state index contributed by atoms with van der Waals surface area (Å²) in [5.41, 5.74) is 2.95. The number of nitrogens with one attached hydrogen (secondary N) is 1. The van der Waals surface area contributed by atoms with Crippen LogP contribution in [-0.4, -0.2) is 16.0 Å². The number of thiazole rings is 1. The summed E-state index contributed by atoms with van der Waals surface area (Å²) in [5.74, 6) is 0.841. The van der Waals surface area contributed by atoms with Gasteiger partial charge in [-0.1, -0.05) is 35.5 Å². The number of carbonyl (C=O) groups excluding carboxylic acids is 1. The van der Waals surface area contributed by atoms with E-state index in [1.807, 2.05) is 35.7 Å². The highest BCUT2D eigenvalue weighted by Gasteiger charge is 2.27. The smallest absolute Gasteiger partial charge is 0.263 e. The Labute approximate surface area is 137 Å². The maximum Gasteiger partial charge on any atom is 0.263 e. The molecule has 0 saturated heterocycles. The van der Waals surface area contributed by atoms with Gasteiger partial charge < -0.3 is 4.52 Å². The highest BCUT2D eigenvalue weighted by molar-refractivity contribution is 7.14. The average Bonchev–Trinajstić information content (AvgIpc) is 3.19. The van der Waals surface area contributed by atoms with E-state index in [0.717, 1.165) is 11.3 Å². The lowest BCUT2D eigenvalue weighted by Crippen LogP contribution is -2.13. The molecule has 0 atom stereocenters. The quantitative estimate of drug-likeness (QED) is 0.779. The van der Waals surface area contributed by atoms with Crippen LogP contribution in [0.2, 0.25) is 0 Å². The van der Waals surface area contributed by atoms with Crippen LogP contribution < -0.4 is 5.32 Å². The molecule has 1 aliphatic carbocycles. The number of anilines is 1. The second-order valence-electron chi connectivity index (χ2n) is 5.63. The van der Waals surface area contributed by atoms with Gasteiger partial charge in [-0.15, -0.1) is 11.3 Å². The fourth-order valence-electron chi connectivity index (χ4n) is 2.50. The first-order chi connectivity index (χ1) is 11.2. The largest absolute Gasteiger partial charge is 0.360 e. The molecule has 116 valence electrons. The van der Waals surface area contributed by atoms with Crippen LogP contribution >= 0.6 is 11.3 Å². The highest BCUT2D eigenvalue weighted by atomic mass is 32.1. The SMILES string of the molecule is Cc1onc(-c2ccccc2)c1C(=O)Nc1nc(C2CC2)cs1. The van der Waals surface area contributed by atoms with Gasteiger partial charge >= 0.3 is 0 Å². The Morgan fingerprint density at radius 2 is 2.09 bits per heavy atom. The van der Waals surface area contributed by atoms with Crippen LogP contribution in [0.15, 0.2) is 40.2 Å². The topological polar surface area (TPSA) is 68.0 Å². The van der Waals surface area contributed by atoms with Gasteiger partial charge in [-0.05, 0) is 19.8 Å². The van der Waals surface area contributed by atoms with Crippen molar-refractivity contribution in [3.63, 3.8) is 0 Å². The highest BCUT2D eigenvalue weighted by Crippen LogP contribution is 2.41. The maximum atomic E-state index is 12.6. The van der Waals surface area contributed by atoms with Crippen molar-refractivity contribution < 1.29 is 9.32 Å². The van der Waals surface area contributed by atoms with E-state index in [4.69, 9.17) is 4.52 Å². The zero-order valence-electron chi connectivity index (χ0n) is 12.6.